The van der Waals surface area contributed by atoms with E-state index in [4.69, 9.17) is 4.74 Å². The highest BCUT2D eigenvalue weighted by Crippen LogP contribution is 2.26. The maximum Gasteiger partial charge on any atom is 0.261 e. The van der Waals surface area contributed by atoms with Gasteiger partial charge in [-0.1, -0.05) is 42.8 Å². The largest absolute Gasteiger partial charge is 0.481 e. The maximum atomic E-state index is 12.6. The Morgan fingerprint density at radius 2 is 1.77 bits per heavy atom. The van der Waals surface area contributed by atoms with Gasteiger partial charge in [0.05, 0.1) is 6.04 Å². The molecule has 0 saturated heterocycles. The Morgan fingerprint density at radius 1 is 1.08 bits per heavy atom. The summed E-state index contributed by atoms with van der Waals surface area (Å²) in [5.74, 6) is 0.715. The van der Waals surface area contributed by atoms with E-state index in [9.17, 15) is 4.79 Å². The number of rotatable bonds is 6. The normalized spacial score (nSPS) is 15.7. The second kappa shape index (κ2) is 8.39. The van der Waals surface area contributed by atoms with Crippen molar-refractivity contribution in [1.82, 2.24) is 5.32 Å². The first-order valence-corrected chi connectivity index (χ1v) is 9.72. The van der Waals surface area contributed by atoms with Crippen LogP contribution in [0.4, 0.5) is 0 Å². The molecule has 0 radical (unpaired) electrons. The van der Waals surface area contributed by atoms with Crippen molar-refractivity contribution in [3.63, 3.8) is 0 Å². The van der Waals surface area contributed by atoms with Crippen LogP contribution in [0.25, 0.3) is 0 Å². The summed E-state index contributed by atoms with van der Waals surface area (Å²) >= 11 is 0. The van der Waals surface area contributed by atoms with Gasteiger partial charge in [0.1, 0.15) is 5.75 Å². The van der Waals surface area contributed by atoms with Gasteiger partial charge in [0.2, 0.25) is 0 Å². The van der Waals surface area contributed by atoms with Crippen LogP contribution in [0.15, 0.2) is 42.5 Å². The molecule has 1 N–H and O–H groups in total. The zero-order valence-corrected chi connectivity index (χ0v) is 16.0. The third-order valence-corrected chi connectivity index (χ3v) is 5.21. The number of hydrogen-bond donors (Lipinski definition) is 1. The summed E-state index contributed by atoms with van der Waals surface area (Å²) in [7, 11) is 0. The van der Waals surface area contributed by atoms with Gasteiger partial charge in [0.25, 0.3) is 5.91 Å². The van der Waals surface area contributed by atoms with Gasteiger partial charge in [-0.25, -0.2) is 0 Å². The van der Waals surface area contributed by atoms with Crippen molar-refractivity contribution in [2.45, 2.75) is 65.0 Å². The van der Waals surface area contributed by atoms with Crippen LogP contribution in [0.1, 0.15) is 61.4 Å². The molecule has 2 aromatic carbocycles. The Hall–Kier alpha value is -2.29. The highest BCUT2D eigenvalue weighted by molar-refractivity contribution is 5.81. The molecule has 0 fully saturated rings. The molecule has 26 heavy (non-hydrogen) atoms. The van der Waals surface area contributed by atoms with Crippen LogP contribution in [0.3, 0.4) is 0 Å². The van der Waals surface area contributed by atoms with Gasteiger partial charge in [-0.3, -0.25) is 4.79 Å². The minimum Gasteiger partial charge on any atom is -0.481 e. The van der Waals surface area contributed by atoms with Crippen molar-refractivity contribution in [3.8, 4) is 5.75 Å². The van der Waals surface area contributed by atoms with Crippen LogP contribution < -0.4 is 10.1 Å². The number of nitrogens with one attached hydrogen (secondary N) is 1. The van der Waals surface area contributed by atoms with E-state index >= 15 is 0 Å². The van der Waals surface area contributed by atoms with E-state index in [2.05, 4.69) is 55.6 Å². The lowest BCUT2D eigenvalue weighted by Crippen LogP contribution is -2.38. The fraction of sp³-hybridized carbons (Fsp3) is 0.435. The fourth-order valence-corrected chi connectivity index (χ4v) is 3.55. The third kappa shape index (κ3) is 4.46. The molecule has 2 unspecified atom stereocenters. The van der Waals surface area contributed by atoms with Crippen molar-refractivity contribution in [2.75, 3.05) is 0 Å². The van der Waals surface area contributed by atoms with Crippen LogP contribution in [-0.2, 0) is 17.6 Å². The molecule has 1 aliphatic rings. The number of hydrogen-bond acceptors (Lipinski definition) is 2. The quantitative estimate of drug-likeness (QED) is 0.803. The molecule has 0 aromatic heterocycles. The Kier molecular flexibility index (Phi) is 5.97. The molecule has 0 aliphatic heterocycles. The minimum atomic E-state index is -0.517. The Bertz CT molecular complexity index is 751. The van der Waals surface area contributed by atoms with E-state index in [-0.39, 0.29) is 11.9 Å². The minimum absolute atomic E-state index is 0.0117. The van der Waals surface area contributed by atoms with Crippen LogP contribution in [0.5, 0.6) is 5.75 Å². The first kappa shape index (κ1) is 18.5. The van der Waals surface area contributed by atoms with Gasteiger partial charge in [-0.2, -0.15) is 0 Å². The SMILES string of the molecule is CCC(NC(=O)C(C)Oc1ccc2c(c1)CCCC2)c1ccc(C)cc1. The molecule has 0 spiro atoms. The average Bonchev–Trinajstić information content (AvgIpc) is 2.66. The molecule has 0 heterocycles. The van der Waals surface area contributed by atoms with E-state index in [0.717, 1.165) is 30.6 Å². The van der Waals surface area contributed by atoms with Crippen molar-refractivity contribution < 1.29 is 9.53 Å². The first-order valence-electron chi connectivity index (χ1n) is 9.72. The number of fused-ring (bicyclic) bond motifs is 1. The lowest BCUT2D eigenvalue weighted by atomic mass is 9.92. The fourth-order valence-electron chi connectivity index (χ4n) is 3.55. The second-order valence-electron chi connectivity index (χ2n) is 7.28. The highest BCUT2D eigenvalue weighted by atomic mass is 16.5. The zero-order valence-electron chi connectivity index (χ0n) is 16.0. The number of ether oxygens (including phenoxy) is 1. The summed E-state index contributed by atoms with van der Waals surface area (Å²) in [6.07, 6.45) is 5.10. The van der Waals surface area contributed by atoms with Gasteiger partial charge in [0.15, 0.2) is 6.10 Å². The van der Waals surface area contributed by atoms with Gasteiger partial charge in [-0.05, 0) is 74.8 Å². The van der Waals surface area contributed by atoms with Crippen molar-refractivity contribution in [2.24, 2.45) is 0 Å². The molecule has 3 nitrogen and oxygen atoms in total. The molecule has 138 valence electrons. The standard InChI is InChI=1S/C23H29NO2/c1-4-22(19-11-9-16(2)10-12-19)24-23(25)17(3)26-21-14-13-18-7-5-6-8-20(18)15-21/h9-15,17,22H,4-8H2,1-3H3,(H,24,25). The van der Waals surface area contributed by atoms with Crippen LogP contribution in [-0.4, -0.2) is 12.0 Å². The Balaban J connectivity index is 1.62. The lowest BCUT2D eigenvalue weighted by Gasteiger charge is -2.22. The number of benzene rings is 2. The number of aryl methyl sites for hydroxylation is 3. The summed E-state index contributed by atoms with van der Waals surface area (Å²) in [5, 5.41) is 3.12. The topological polar surface area (TPSA) is 38.3 Å². The van der Waals surface area contributed by atoms with E-state index < -0.39 is 6.10 Å². The van der Waals surface area contributed by atoms with Gasteiger partial charge < -0.3 is 10.1 Å². The summed E-state index contributed by atoms with van der Waals surface area (Å²) in [4.78, 5) is 12.6. The van der Waals surface area contributed by atoms with E-state index in [0.29, 0.717) is 0 Å². The third-order valence-electron chi connectivity index (χ3n) is 5.21. The molecule has 3 rings (SSSR count). The lowest BCUT2D eigenvalue weighted by molar-refractivity contribution is -0.128. The average molecular weight is 351 g/mol. The van der Waals surface area contributed by atoms with Crippen LogP contribution in [0.2, 0.25) is 0 Å². The van der Waals surface area contributed by atoms with E-state index in [1.165, 1.54) is 29.5 Å². The number of carbonyl (C=O) groups excluding carboxylic acids is 1. The van der Waals surface area contributed by atoms with E-state index in [1.54, 1.807) is 0 Å². The molecule has 1 amide bonds. The molecule has 3 heteroatoms. The summed E-state index contributed by atoms with van der Waals surface area (Å²) in [6, 6.07) is 14.6. The van der Waals surface area contributed by atoms with E-state index in [1.807, 2.05) is 13.0 Å². The van der Waals surface area contributed by atoms with Gasteiger partial charge in [-0.15, -0.1) is 0 Å². The predicted molar refractivity (Wildman–Crippen MR) is 106 cm³/mol. The summed E-state index contributed by atoms with van der Waals surface area (Å²) in [6.45, 7) is 5.97. The van der Waals surface area contributed by atoms with Crippen LogP contribution >= 0.6 is 0 Å². The molecular formula is C23H29NO2. The molecular weight excluding hydrogens is 322 g/mol. The number of amides is 1. The van der Waals surface area contributed by atoms with Crippen molar-refractivity contribution in [3.05, 3.63) is 64.7 Å². The summed E-state index contributed by atoms with van der Waals surface area (Å²) in [5.41, 5.74) is 5.14. The highest BCUT2D eigenvalue weighted by Gasteiger charge is 2.20. The molecule has 2 atom stereocenters. The summed E-state index contributed by atoms with van der Waals surface area (Å²) < 4.78 is 5.93. The smallest absolute Gasteiger partial charge is 0.261 e. The Morgan fingerprint density at radius 3 is 2.46 bits per heavy atom. The first-order chi connectivity index (χ1) is 12.6. The molecule has 2 aromatic rings. The molecule has 0 bridgehead atoms. The molecule has 1 aliphatic carbocycles. The van der Waals surface area contributed by atoms with Gasteiger partial charge in [0, 0.05) is 0 Å². The van der Waals surface area contributed by atoms with Gasteiger partial charge >= 0.3 is 0 Å². The Labute approximate surface area is 156 Å². The predicted octanol–water partition coefficient (Wildman–Crippen LogP) is 4.91. The zero-order chi connectivity index (χ0) is 18.5. The van der Waals surface area contributed by atoms with Crippen LogP contribution in [0, 0.1) is 6.92 Å². The maximum absolute atomic E-state index is 12.6. The number of carbonyl (C=O) groups is 1. The second-order valence-corrected chi connectivity index (χ2v) is 7.28. The van der Waals surface area contributed by atoms with Crippen molar-refractivity contribution in [1.29, 1.82) is 0 Å². The van der Waals surface area contributed by atoms with Crippen molar-refractivity contribution >= 4 is 5.91 Å². The monoisotopic (exact) mass is 351 g/mol. The molecule has 0 saturated carbocycles.